The minimum absolute atomic E-state index is 0.0528. The molecular weight excluding hydrogens is 290 g/mol. The van der Waals surface area contributed by atoms with E-state index in [1.807, 2.05) is 6.92 Å². The third-order valence-corrected chi connectivity index (χ3v) is 3.10. The van der Waals surface area contributed by atoms with Crippen LogP contribution in [0.4, 0.5) is 5.69 Å². The van der Waals surface area contributed by atoms with Gasteiger partial charge in [0.25, 0.3) is 0 Å². The molecule has 0 spiro atoms. The first-order valence-corrected chi connectivity index (χ1v) is 6.99. The molecule has 0 saturated carbocycles. The van der Waals surface area contributed by atoms with E-state index < -0.39 is 22.5 Å². The molecule has 0 heterocycles. The lowest BCUT2D eigenvalue weighted by Gasteiger charge is -2.12. The Labute approximate surface area is 128 Å². The van der Waals surface area contributed by atoms with Crippen LogP contribution in [0.2, 0.25) is 0 Å². The third-order valence-electron chi connectivity index (χ3n) is 3.10. The molecule has 7 heteroatoms. The van der Waals surface area contributed by atoms with E-state index in [4.69, 9.17) is 4.74 Å². The molecule has 0 amide bonds. The van der Waals surface area contributed by atoms with Crippen molar-refractivity contribution in [3.63, 3.8) is 0 Å². The molecule has 0 bridgehead atoms. The normalized spacial score (nSPS) is 10.1. The average Bonchev–Trinajstić information content (AvgIpc) is 2.46. The van der Waals surface area contributed by atoms with Gasteiger partial charge in [0.15, 0.2) is 0 Å². The third kappa shape index (κ3) is 4.28. The smallest absolute Gasteiger partial charge is 0.342 e. The highest BCUT2D eigenvalue weighted by Gasteiger charge is 2.28. The van der Waals surface area contributed by atoms with E-state index in [1.165, 1.54) is 19.2 Å². The van der Waals surface area contributed by atoms with Gasteiger partial charge < -0.3 is 9.47 Å². The van der Waals surface area contributed by atoms with Crippen molar-refractivity contribution in [1.29, 1.82) is 0 Å². The van der Waals surface area contributed by atoms with Crippen molar-refractivity contribution < 1.29 is 24.0 Å². The molecule has 0 unspecified atom stereocenters. The molecule has 0 N–H and O–H groups in total. The lowest BCUT2D eigenvalue weighted by Crippen LogP contribution is -2.13. The van der Waals surface area contributed by atoms with Gasteiger partial charge in [-0.3, -0.25) is 14.9 Å². The Bertz CT molecular complexity index is 582. The first-order chi connectivity index (χ1) is 10.4. The molecule has 120 valence electrons. The number of nitro benzene ring substituents is 1. The van der Waals surface area contributed by atoms with E-state index in [-0.39, 0.29) is 11.3 Å². The minimum atomic E-state index is -0.758. The number of carbonyl (C=O) groups is 2. The van der Waals surface area contributed by atoms with Crippen molar-refractivity contribution >= 4 is 17.6 Å². The Kier molecular flexibility index (Phi) is 6.49. The number of hydrogen-bond acceptors (Lipinski definition) is 6. The van der Waals surface area contributed by atoms with Gasteiger partial charge in [-0.25, -0.2) is 4.79 Å². The highest BCUT2D eigenvalue weighted by Crippen LogP contribution is 2.35. The fourth-order valence-electron chi connectivity index (χ4n) is 2.10. The standard InChI is InChI=1S/C15H19NO6/c1-4-5-6-7-11-8-9-12(16(19)20)14(22-10(2)17)13(11)15(18)21-3/h8-9H,4-7H2,1-3H3. The summed E-state index contributed by atoms with van der Waals surface area (Å²) in [5.74, 6) is -1.84. The fraction of sp³-hybridized carbons (Fsp3) is 0.467. The largest absolute Gasteiger partial charge is 0.465 e. The summed E-state index contributed by atoms with van der Waals surface area (Å²) in [6.45, 7) is 3.16. The van der Waals surface area contributed by atoms with Crippen molar-refractivity contribution in [2.75, 3.05) is 7.11 Å². The van der Waals surface area contributed by atoms with Crippen molar-refractivity contribution in [1.82, 2.24) is 0 Å². The predicted octanol–water partition coefficient (Wildman–Crippen LogP) is 3.04. The maximum Gasteiger partial charge on any atom is 0.342 e. The summed E-state index contributed by atoms with van der Waals surface area (Å²) in [6, 6.07) is 2.75. The maximum atomic E-state index is 12.0. The number of rotatable bonds is 7. The van der Waals surface area contributed by atoms with Crippen LogP contribution in [0, 0.1) is 10.1 Å². The first-order valence-electron chi connectivity index (χ1n) is 6.99. The highest BCUT2D eigenvalue weighted by molar-refractivity contribution is 5.96. The molecule has 0 aliphatic rings. The molecule has 1 aromatic rings. The zero-order chi connectivity index (χ0) is 16.7. The first kappa shape index (κ1) is 17.6. The Hall–Kier alpha value is -2.44. The van der Waals surface area contributed by atoms with Crippen LogP contribution in [0.15, 0.2) is 12.1 Å². The van der Waals surface area contributed by atoms with E-state index >= 15 is 0 Å². The van der Waals surface area contributed by atoms with Crippen molar-refractivity contribution in [3.05, 3.63) is 33.4 Å². The van der Waals surface area contributed by atoms with Gasteiger partial charge in [-0.1, -0.05) is 25.8 Å². The average molecular weight is 309 g/mol. The predicted molar refractivity (Wildman–Crippen MR) is 79.0 cm³/mol. The molecule has 22 heavy (non-hydrogen) atoms. The molecule has 0 aromatic heterocycles. The Balaban J connectivity index is 3.42. The minimum Gasteiger partial charge on any atom is -0.465 e. The van der Waals surface area contributed by atoms with Crippen LogP contribution < -0.4 is 4.74 Å². The van der Waals surface area contributed by atoms with Crippen LogP contribution in [-0.4, -0.2) is 24.0 Å². The van der Waals surface area contributed by atoms with E-state index in [2.05, 4.69) is 4.74 Å². The van der Waals surface area contributed by atoms with Gasteiger partial charge in [0.05, 0.1) is 12.0 Å². The molecule has 0 fully saturated rings. The van der Waals surface area contributed by atoms with Crippen molar-refractivity contribution in [2.24, 2.45) is 0 Å². The van der Waals surface area contributed by atoms with Crippen molar-refractivity contribution in [2.45, 2.75) is 39.5 Å². The number of nitrogens with zero attached hydrogens (tertiary/aromatic N) is 1. The molecule has 7 nitrogen and oxygen atoms in total. The Morgan fingerprint density at radius 3 is 2.45 bits per heavy atom. The zero-order valence-electron chi connectivity index (χ0n) is 12.9. The second kappa shape index (κ2) is 8.11. The molecule has 1 aromatic carbocycles. The fourth-order valence-corrected chi connectivity index (χ4v) is 2.10. The molecule has 1 rings (SSSR count). The van der Waals surface area contributed by atoms with Crippen LogP contribution in [0.25, 0.3) is 0 Å². The molecular formula is C15H19NO6. The number of carbonyl (C=O) groups excluding carboxylic acids is 2. The van der Waals surface area contributed by atoms with E-state index in [1.54, 1.807) is 0 Å². The summed E-state index contributed by atoms with van der Waals surface area (Å²) in [7, 11) is 1.18. The summed E-state index contributed by atoms with van der Waals surface area (Å²) in [5.41, 5.74) is 0.0833. The molecule has 0 aliphatic carbocycles. The second-order valence-corrected chi connectivity index (χ2v) is 4.75. The Morgan fingerprint density at radius 2 is 1.95 bits per heavy atom. The lowest BCUT2D eigenvalue weighted by molar-refractivity contribution is -0.385. The van der Waals surface area contributed by atoms with Gasteiger partial charge in [0.2, 0.25) is 5.75 Å². The quantitative estimate of drug-likeness (QED) is 0.252. The highest BCUT2D eigenvalue weighted by atomic mass is 16.6. The number of ether oxygens (including phenoxy) is 2. The number of esters is 2. The number of methoxy groups -OCH3 is 1. The molecule has 0 radical (unpaired) electrons. The lowest BCUT2D eigenvalue weighted by atomic mass is 9.99. The molecule has 0 aliphatic heterocycles. The van der Waals surface area contributed by atoms with Gasteiger partial charge in [-0.15, -0.1) is 0 Å². The van der Waals surface area contributed by atoms with Crippen LogP contribution in [0.5, 0.6) is 5.75 Å². The van der Waals surface area contributed by atoms with Crippen LogP contribution in [0.1, 0.15) is 49.0 Å². The Morgan fingerprint density at radius 1 is 1.27 bits per heavy atom. The van der Waals surface area contributed by atoms with Gasteiger partial charge in [0, 0.05) is 13.0 Å². The van der Waals surface area contributed by atoms with Crippen molar-refractivity contribution in [3.8, 4) is 5.75 Å². The molecule has 0 saturated heterocycles. The van der Waals surface area contributed by atoms with Gasteiger partial charge in [-0.05, 0) is 18.4 Å². The summed E-state index contributed by atoms with van der Waals surface area (Å²) < 4.78 is 9.61. The topological polar surface area (TPSA) is 95.7 Å². The van der Waals surface area contributed by atoms with Gasteiger partial charge in [-0.2, -0.15) is 0 Å². The van der Waals surface area contributed by atoms with Crippen LogP contribution in [-0.2, 0) is 16.0 Å². The van der Waals surface area contributed by atoms with E-state index in [9.17, 15) is 19.7 Å². The summed E-state index contributed by atoms with van der Waals surface area (Å²) in [4.78, 5) is 33.6. The summed E-state index contributed by atoms with van der Waals surface area (Å²) in [6.07, 6.45) is 3.32. The monoisotopic (exact) mass is 309 g/mol. The van der Waals surface area contributed by atoms with E-state index in [0.29, 0.717) is 12.0 Å². The van der Waals surface area contributed by atoms with Crippen LogP contribution in [0.3, 0.4) is 0 Å². The second-order valence-electron chi connectivity index (χ2n) is 4.75. The molecule has 0 atom stereocenters. The summed E-state index contributed by atoms with van der Waals surface area (Å²) >= 11 is 0. The summed E-state index contributed by atoms with van der Waals surface area (Å²) in [5, 5.41) is 11.1. The number of benzene rings is 1. The number of aryl methyl sites for hydroxylation is 1. The SMILES string of the molecule is CCCCCc1ccc([N+](=O)[O-])c(OC(C)=O)c1C(=O)OC. The van der Waals surface area contributed by atoms with Crippen LogP contribution >= 0.6 is 0 Å². The zero-order valence-corrected chi connectivity index (χ0v) is 12.9. The van der Waals surface area contributed by atoms with E-state index in [0.717, 1.165) is 26.2 Å². The number of hydrogen-bond donors (Lipinski definition) is 0. The maximum absolute atomic E-state index is 12.0. The van der Waals surface area contributed by atoms with Gasteiger partial charge in [0.1, 0.15) is 5.56 Å². The number of unbranched alkanes of at least 4 members (excludes halogenated alkanes) is 2. The number of nitro groups is 1. The van der Waals surface area contributed by atoms with Gasteiger partial charge >= 0.3 is 17.6 Å².